The van der Waals surface area contributed by atoms with Crippen molar-refractivity contribution in [2.45, 2.75) is 6.61 Å². The molecule has 21 heavy (non-hydrogen) atoms. The summed E-state index contributed by atoms with van der Waals surface area (Å²) < 4.78 is 0. The summed E-state index contributed by atoms with van der Waals surface area (Å²) in [6.07, 6.45) is 0. The van der Waals surface area contributed by atoms with E-state index in [1.165, 1.54) is 12.1 Å². The molecule has 6 nitrogen and oxygen atoms in total. The van der Waals surface area contributed by atoms with Gasteiger partial charge in [-0.2, -0.15) is 0 Å². The van der Waals surface area contributed by atoms with Crippen LogP contribution in [0.1, 0.15) is 37.4 Å². The molecule has 0 heterocycles. The molecule has 106 valence electrons. The van der Waals surface area contributed by atoms with Crippen molar-refractivity contribution in [2.24, 2.45) is 0 Å². The van der Waals surface area contributed by atoms with Crippen LogP contribution in [0, 0.1) is 0 Å². The summed E-state index contributed by atoms with van der Waals surface area (Å²) in [7, 11) is 0. The lowest BCUT2D eigenvalue weighted by atomic mass is 9.82. The molecule has 0 fully saturated rings. The smallest absolute Gasteiger partial charge is 0.198 e. The van der Waals surface area contributed by atoms with Gasteiger partial charge in [0, 0.05) is 22.8 Å². The van der Waals surface area contributed by atoms with Gasteiger partial charge in [-0.05, 0) is 12.1 Å². The van der Waals surface area contributed by atoms with E-state index >= 15 is 0 Å². The average Bonchev–Trinajstić information content (AvgIpc) is 2.43. The van der Waals surface area contributed by atoms with E-state index in [1.807, 2.05) is 0 Å². The second-order valence-corrected chi connectivity index (χ2v) is 4.70. The number of aliphatic hydroxyl groups is 1. The summed E-state index contributed by atoms with van der Waals surface area (Å²) in [4.78, 5) is 24.8. The zero-order valence-corrected chi connectivity index (χ0v) is 10.6. The summed E-state index contributed by atoms with van der Waals surface area (Å²) in [5, 5.41) is 38.4. The van der Waals surface area contributed by atoms with Gasteiger partial charge in [-0.25, -0.2) is 0 Å². The first-order valence-corrected chi connectivity index (χ1v) is 6.06. The molecule has 0 unspecified atom stereocenters. The highest BCUT2D eigenvalue weighted by molar-refractivity contribution is 6.30. The Hall–Kier alpha value is -2.86. The topological polar surface area (TPSA) is 115 Å². The normalized spacial score (nSPS) is 13.0. The molecule has 3 rings (SSSR count). The number of hydrogen-bond donors (Lipinski definition) is 4. The Morgan fingerprint density at radius 2 is 1.52 bits per heavy atom. The van der Waals surface area contributed by atoms with Crippen LogP contribution in [0.5, 0.6) is 17.2 Å². The number of rotatable bonds is 1. The molecule has 2 aromatic rings. The minimum Gasteiger partial charge on any atom is -0.508 e. The van der Waals surface area contributed by atoms with Gasteiger partial charge in [0.15, 0.2) is 11.6 Å². The van der Waals surface area contributed by atoms with Gasteiger partial charge in [0.05, 0.1) is 17.7 Å². The van der Waals surface area contributed by atoms with E-state index in [1.54, 1.807) is 0 Å². The SMILES string of the molecule is O=C1c2ccc(CO)c(O)c2C(=O)c2cc(O)cc(O)c21. The molecule has 0 amide bonds. The lowest BCUT2D eigenvalue weighted by Gasteiger charge is -2.20. The first-order valence-electron chi connectivity index (χ1n) is 6.06. The zero-order chi connectivity index (χ0) is 15.3. The number of carbonyl (C=O) groups excluding carboxylic acids is 2. The summed E-state index contributed by atoms with van der Waals surface area (Å²) in [5.41, 5.74) is -0.563. The number of hydrogen-bond acceptors (Lipinski definition) is 6. The number of benzene rings is 2. The largest absolute Gasteiger partial charge is 0.508 e. The molecule has 0 atom stereocenters. The predicted octanol–water partition coefficient (Wildman–Crippen LogP) is 1.07. The van der Waals surface area contributed by atoms with Crippen molar-refractivity contribution in [3.8, 4) is 17.2 Å². The third-order valence-corrected chi connectivity index (χ3v) is 3.48. The van der Waals surface area contributed by atoms with Crippen molar-refractivity contribution < 1.29 is 30.0 Å². The van der Waals surface area contributed by atoms with Crippen molar-refractivity contribution in [3.05, 3.63) is 52.1 Å². The molecular weight excluding hydrogens is 276 g/mol. The number of aromatic hydroxyl groups is 3. The maximum atomic E-state index is 12.4. The first-order chi connectivity index (χ1) is 9.95. The molecule has 0 radical (unpaired) electrons. The molecule has 0 saturated carbocycles. The lowest BCUT2D eigenvalue weighted by molar-refractivity contribution is 0.0973. The van der Waals surface area contributed by atoms with Crippen LogP contribution >= 0.6 is 0 Å². The number of phenols is 3. The number of phenolic OH excluding ortho intramolecular Hbond substituents is 2. The number of fused-ring (bicyclic) bond motifs is 2. The molecule has 1 aliphatic rings. The van der Waals surface area contributed by atoms with E-state index in [9.17, 15) is 24.9 Å². The summed E-state index contributed by atoms with van der Waals surface area (Å²) >= 11 is 0. The number of aliphatic hydroxyl groups excluding tert-OH is 1. The molecule has 0 aliphatic heterocycles. The Morgan fingerprint density at radius 3 is 2.19 bits per heavy atom. The second-order valence-electron chi connectivity index (χ2n) is 4.70. The standard InChI is InChI=1S/C15H10O6/c16-5-6-1-2-8-12(13(6)19)15(21)9-3-7(17)4-10(18)11(9)14(8)20/h1-4,16-19H,5H2. The maximum absolute atomic E-state index is 12.4. The molecule has 0 aromatic heterocycles. The van der Waals surface area contributed by atoms with E-state index in [2.05, 4.69) is 0 Å². The van der Waals surface area contributed by atoms with Crippen LogP contribution in [-0.4, -0.2) is 32.0 Å². The van der Waals surface area contributed by atoms with Crippen LogP contribution in [0.4, 0.5) is 0 Å². The van der Waals surface area contributed by atoms with Crippen LogP contribution in [0.3, 0.4) is 0 Å². The van der Waals surface area contributed by atoms with E-state index in [0.717, 1.165) is 12.1 Å². The number of carbonyl (C=O) groups is 2. The summed E-state index contributed by atoms with van der Waals surface area (Å²) in [6, 6.07) is 4.68. The van der Waals surface area contributed by atoms with Gasteiger partial charge in [0.2, 0.25) is 0 Å². The molecule has 6 heteroatoms. The molecular formula is C15H10O6. The summed E-state index contributed by atoms with van der Waals surface area (Å²) in [6.45, 7) is -0.487. The Bertz CT molecular complexity index is 806. The fraction of sp³-hybridized carbons (Fsp3) is 0.0667. The highest BCUT2D eigenvalue weighted by Gasteiger charge is 2.35. The van der Waals surface area contributed by atoms with Crippen molar-refractivity contribution in [2.75, 3.05) is 0 Å². The van der Waals surface area contributed by atoms with Crippen LogP contribution in [0.25, 0.3) is 0 Å². The minimum atomic E-state index is -0.696. The highest BCUT2D eigenvalue weighted by atomic mass is 16.3. The van der Waals surface area contributed by atoms with Crippen LogP contribution < -0.4 is 0 Å². The Kier molecular flexibility index (Phi) is 2.70. The Balaban J connectivity index is 2.36. The maximum Gasteiger partial charge on any atom is 0.198 e. The molecule has 2 aromatic carbocycles. The van der Waals surface area contributed by atoms with Gasteiger partial charge < -0.3 is 20.4 Å². The van der Waals surface area contributed by atoms with Gasteiger partial charge in [-0.1, -0.05) is 6.07 Å². The third-order valence-electron chi connectivity index (χ3n) is 3.48. The molecule has 0 bridgehead atoms. The van der Waals surface area contributed by atoms with Crippen molar-refractivity contribution in [3.63, 3.8) is 0 Å². The van der Waals surface area contributed by atoms with E-state index in [4.69, 9.17) is 5.11 Å². The Morgan fingerprint density at radius 1 is 0.857 bits per heavy atom. The van der Waals surface area contributed by atoms with E-state index < -0.39 is 29.7 Å². The predicted molar refractivity (Wildman–Crippen MR) is 70.7 cm³/mol. The summed E-state index contributed by atoms with van der Waals surface area (Å²) in [5.74, 6) is -2.66. The van der Waals surface area contributed by atoms with Crippen molar-refractivity contribution >= 4 is 11.6 Å². The van der Waals surface area contributed by atoms with Gasteiger partial charge in [-0.3, -0.25) is 9.59 Å². The average molecular weight is 286 g/mol. The van der Waals surface area contributed by atoms with Gasteiger partial charge >= 0.3 is 0 Å². The monoisotopic (exact) mass is 286 g/mol. The van der Waals surface area contributed by atoms with E-state index in [-0.39, 0.29) is 33.6 Å². The fourth-order valence-electron chi connectivity index (χ4n) is 2.48. The zero-order valence-electron chi connectivity index (χ0n) is 10.6. The van der Waals surface area contributed by atoms with Gasteiger partial charge in [-0.15, -0.1) is 0 Å². The highest BCUT2D eigenvalue weighted by Crippen LogP contribution is 2.39. The van der Waals surface area contributed by atoms with Crippen LogP contribution in [-0.2, 0) is 6.61 Å². The lowest BCUT2D eigenvalue weighted by Crippen LogP contribution is -2.21. The number of ketones is 2. The van der Waals surface area contributed by atoms with Gasteiger partial charge in [0.1, 0.15) is 17.2 Å². The van der Waals surface area contributed by atoms with E-state index in [0.29, 0.717) is 0 Å². The second kappa shape index (κ2) is 4.32. The van der Waals surface area contributed by atoms with Crippen molar-refractivity contribution in [1.29, 1.82) is 0 Å². The van der Waals surface area contributed by atoms with Crippen LogP contribution in [0.15, 0.2) is 24.3 Å². The molecule has 1 aliphatic carbocycles. The minimum absolute atomic E-state index is 0.0526. The van der Waals surface area contributed by atoms with Gasteiger partial charge in [0.25, 0.3) is 0 Å². The third kappa shape index (κ3) is 1.70. The fourth-order valence-corrected chi connectivity index (χ4v) is 2.48. The first kappa shape index (κ1) is 13.1. The Labute approximate surface area is 118 Å². The molecule has 4 N–H and O–H groups in total. The molecule has 0 saturated heterocycles. The quantitative estimate of drug-likeness (QED) is 0.532. The van der Waals surface area contributed by atoms with Crippen molar-refractivity contribution in [1.82, 2.24) is 0 Å². The molecule has 0 spiro atoms. The van der Waals surface area contributed by atoms with Crippen LogP contribution in [0.2, 0.25) is 0 Å².